The van der Waals surface area contributed by atoms with Crippen LogP contribution in [0.4, 0.5) is 5.69 Å². The summed E-state index contributed by atoms with van der Waals surface area (Å²) in [5, 5.41) is 0. The fraction of sp³-hybridized carbons (Fsp3) is 0.391. The zero-order chi connectivity index (χ0) is 20.0. The van der Waals surface area contributed by atoms with Crippen molar-refractivity contribution in [2.45, 2.75) is 47.1 Å². The second-order valence-corrected chi connectivity index (χ2v) is 6.98. The first-order chi connectivity index (χ1) is 12.8. The van der Waals surface area contributed by atoms with Crippen molar-refractivity contribution < 1.29 is 9.53 Å². The number of aryl methyl sites for hydroxylation is 3. The van der Waals surface area contributed by atoms with Crippen LogP contribution in [-0.4, -0.2) is 30.8 Å². The highest BCUT2D eigenvalue weighted by Gasteiger charge is 2.19. The highest BCUT2D eigenvalue weighted by molar-refractivity contribution is 5.92. The van der Waals surface area contributed by atoms with E-state index >= 15 is 0 Å². The monoisotopic (exact) mass is 366 g/mol. The van der Waals surface area contributed by atoms with E-state index in [1.807, 2.05) is 82.4 Å². The van der Waals surface area contributed by atoms with Gasteiger partial charge in [0.05, 0.1) is 17.6 Å². The van der Waals surface area contributed by atoms with Gasteiger partial charge >= 0.3 is 5.97 Å². The van der Waals surface area contributed by atoms with Crippen LogP contribution in [0.3, 0.4) is 0 Å². The second kappa shape index (κ2) is 9.36. The minimum absolute atomic E-state index is 0.242. The van der Waals surface area contributed by atoms with E-state index in [9.17, 15) is 4.79 Å². The summed E-state index contributed by atoms with van der Waals surface area (Å²) in [7, 11) is 1.98. The standard InChI is InChI=1S/C23H30N2O2/c1-7-22(19-11-9-16(3)10-12-19)27-23(26)20-13-18(5)21(14-17(20)4)24-15-25(6)8-2/h9-15,22H,7-8H2,1-6H3. The Labute approximate surface area is 162 Å². The highest BCUT2D eigenvalue weighted by Crippen LogP contribution is 2.27. The maximum atomic E-state index is 12.8. The Bertz CT molecular complexity index is 810. The number of aliphatic imine (C=N–C) groups is 1. The van der Waals surface area contributed by atoms with Crippen LogP contribution >= 0.6 is 0 Å². The molecule has 0 spiro atoms. The molecule has 2 aromatic rings. The van der Waals surface area contributed by atoms with Gasteiger partial charge in [-0.1, -0.05) is 36.8 Å². The molecule has 0 aromatic heterocycles. The van der Waals surface area contributed by atoms with Crippen molar-refractivity contribution in [3.05, 3.63) is 64.2 Å². The van der Waals surface area contributed by atoms with E-state index in [1.165, 1.54) is 5.56 Å². The van der Waals surface area contributed by atoms with Gasteiger partial charge < -0.3 is 9.64 Å². The molecule has 1 unspecified atom stereocenters. The molecule has 0 heterocycles. The number of carbonyl (C=O) groups is 1. The maximum Gasteiger partial charge on any atom is 0.339 e. The van der Waals surface area contributed by atoms with Gasteiger partial charge in [0.25, 0.3) is 0 Å². The molecule has 0 fully saturated rings. The molecular formula is C23H30N2O2. The van der Waals surface area contributed by atoms with Crippen molar-refractivity contribution >= 4 is 18.0 Å². The molecule has 27 heavy (non-hydrogen) atoms. The van der Waals surface area contributed by atoms with Crippen molar-refractivity contribution in [1.29, 1.82) is 0 Å². The fourth-order valence-electron chi connectivity index (χ4n) is 2.76. The van der Waals surface area contributed by atoms with E-state index in [2.05, 4.69) is 11.9 Å². The lowest BCUT2D eigenvalue weighted by molar-refractivity contribution is 0.0287. The lowest BCUT2D eigenvalue weighted by Gasteiger charge is -2.18. The average molecular weight is 367 g/mol. The first-order valence-corrected chi connectivity index (χ1v) is 9.48. The van der Waals surface area contributed by atoms with Gasteiger partial charge in [-0.25, -0.2) is 9.79 Å². The van der Waals surface area contributed by atoms with Crippen LogP contribution < -0.4 is 0 Å². The molecule has 2 rings (SSSR count). The summed E-state index contributed by atoms with van der Waals surface area (Å²) in [5.74, 6) is -0.288. The topological polar surface area (TPSA) is 41.9 Å². The van der Waals surface area contributed by atoms with Crippen molar-refractivity contribution in [3.8, 4) is 0 Å². The molecule has 0 aliphatic carbocycles. The summed E-state index contributed by atoms with van der Waals surface area (Å²) >= 11 is 0. The molecule has 0 aliphatic heterocycles. The molecule has 0 saturated heterocycles. The van der Waals surface area contributed by atoms with E-state index in [-0.39, 0.29) is 12.1 Å². The van der Waals surface area contributed by atoms with Gasteiger partial charge in [0.2, 0.25) is 0 Å². The molecule has 0 bridgehead atoms. The van der Waals surface area contributed by atoms with Crippen molar-refractivity contribution in [2.75, 3.05) is 13.6 Å². The Morgan fingerprint density at radius 1 is 1.11 bits per heavy atom. The lowest BCUT2D eigenvalue weighted by Crippen LogP contribution is -2.14. The molecule has 0 saturated carbocycles. The van der Waals surface area contributed by atoms with Crippen molar-refractivity contribution in [1.82, 2.24) is 4.90 Å². The molecule has 144 valence electrons. The maximum absolute atomic E-state index is 12.8. The highest BCUT2D eigenvalue weighted by atomic mass is 16.5. The first kappa shape index (κ1) is 20.7. The number of carbonyl (C=O) groups excluding carboxylic acids is 1. The normalized spacial score (nSPS) is 12.2. The van der Waals surface area contributed by atoms with Gasteiger partial charge in [-0.2, -0.15) is 0 Å². The van der Waals surface area contributed by atoms with Crippen LogP contribution in [0.5, 0.6) is 0 Å². The van der Waals surface area contributed by atoms with E-state index in [4.69, 9.17) is 4.74 Å². The molecule has 0 N–H and O–H groups in total. The predicted octanol–water partition coefficient (Wildman–Crippen LogP) is 5.53. The van der Waals surface area contributed by atoms with Crippen LogP contribution in [0.2, 0.25) is 0 Å². The third-order valence-electron chi connectivity index (χ3n) is 4.72. The minimum atomic E-state index is -0.288. The third-order valence-corrected chi connectivity index (χ3v) is 4.72. The van der Waals surface area contributed by atoms with Crippen LogP contribution in [0.15, 0.2) is 41.4 Å². The SMILES string of the molecule is CCC(OC(=O)c1cc(C)c(N=CN(C)CC)cc1C)c1ccc(C)cc1. The number of ether oxygens (including phenoxy) is 1. The average Bonchev–Trinajstić information content (AvgIpc) is 2.66. The summed E-state index contributed by atoms with van der Waals surface area (Å²) < 4.78 is 5.82. The zero-order valence-electron chi connectivity index (χ0n) is 17.2. The predicted molar refractivity (Wildman–Crippen MR) is 112 cm³/mol. The molecule has 4 nitrogen and oxygen atoms in total. The van der Waals surface area contributed by atoms with Gasteiger partial charge in [0, 0.05) is 13.6 Å². The number of benzene rings is 2. The van der Waals surface area contributed by atoms with Crippen LogP contribution in [0.25, 0.3) is 0 Å². The molecule has 2 aromatic carbocycles. The van der Waals surface area contributed by atoms with Crippen LogP contribution in [0, 0.1) is 20.8 Å². The Morgan fingerprint density at radius 2 is 1.78 bits per heavy atom. The smallest absolute Gasteiger partial charge is 0.339 e. The van der Waals surface area contributed by atoms with Crippen molar-refractivity contribution in [3.63, 3.8) is 0 Å². The number of hydrogen-bond donors (Lipinski definition) is 0. The summed E-state index contributed by atoms with van der Waals surface area (Å²) in [6.45, 7) is 10.9. The summed E-state index contributed by atoms with van der Waals surface area (Å²) in [6, 6.07) is 12.0. The summed E-state index contributed by atoms with van der Waals surface area (Å²) in [4.78, 5) is 19.3. The number of esters is 1. The van der Waals surface area contributed by atoms with E-state index in [1.54, 1.807) is 0 Å². The second-order valence-electron chi connectivity index (χ2n) is 6.98. The number of hydrogen-bond acceptors (Lipinski definition) is 3. The van der Waals surface area contributed by atoms with Gasteiger partial charge in [0.15, 0.2) is 0 Å². The zero-order valence-corrected chi connectivity index (χ0v) is 17.2. The Balaban J connectivity index is 2.21. The molecule has 4 heteroatoms. The Morgan fingerprint density at radius 3 is 2.37 bits per heavy atom. The summed E-state index contributed by atoms with van der Waals surface area (Å²) in [6.07, 6.45) is 2.30. The summed E-state index contributed by atoms with van der Waals surface area (Å²) in [5.41, 5.74) is 5.51. The Hall–Kier alpha value is -2.62. The van der Waals surface area contributed by atoms with Gasteiger partial charge in [-0.15, -0.1) is 0 Å². The molecular weight excluding hydrogens is 336 g/mol. The van der Waals surface area contributed by atoms with Crippen LogP contribution in [0.1, 0.15) is 59.0 Å². The largest absolute Gasteiger partial charge is 0.454 e. The minimum Gasteiger partial charge on any atom is -0.454 e. The van der Waals surface area contributed by atoms with E-state index in [0.717, 1.165) is 35.3 Å². The van der Waals surface area contributed by atoms with Gasteiger partial charge in [0.1, 0.15) is 6.10 Å². The molecule has 1 atom stereocenters. The Kier molecular flexibility index (Phi) is 7.17. The quantitative estimate of drug-likeness (QED) is 0.367. The fourth-order valence-corrected chi connectivity index (χ4v) is 2.76. The number of nitrogens with zero attached hydrogens (tertiary/aromatic N) is 2. The van der Waals surface area contributed by atoms with Crippen LogP contribution in [-0.2, 0) is 4.74 Å². The van der Waals surface area contributed by atoms with Crippen molar-refractivity contribution in [2.24, 2.45) is 4.99 Å². The molecule has 0 aliphatic rings. The van der Waals surface area contributed by atoms with E-state index < -0.39 is 0 Å². The van der Waals surface area contributed by atoms with E-state index in [0.29, 0.717) is 5.56 Å². The van der Waals surface area contributed by atoms with Gasteiger partial charge in [-0.05, 0) is 62.9 Å². The van der Waals surface area contributed by atoms with Gasteiger partial charge in [-0.3, -0.25) is 0 Å². The number of rotatable bonds is 7. The molecule has 0 amide bonds. The lowest BCUT2D eigenvalue weighted by atomic mass is 10.0. The third kappa shape index (κ3) is 5.43. The molecule has 0 radical (unpaired) electrons. The first-order valence-electron chi connectivity index (χ1n) is 9.48.